The van der Waals surface area contributed by atoms with Crippen molar-refractivity contribution in [2.45, 2.75) is 0 Å². The minimum Gasteiger partial charge on any atom is -0.386 e. The van der Waals surface area contributed by atoms with E-state index < -0.39 is 29.1 Å². The van der Waals surface area contributed by atoms with Crippen LogP contribution >= 0.6 is 17.2 Å². The van der Waals surface area contributed by atoms with Gasteiger partial charge in [0.15, 0.2) is 0 Å². The molecule has 0 heterocycles. The Labute approximate surface area is 68.4 Å². The lowest BCUT2D eigenvalue weighted by atomic mass is 10.7. The summed E-state index contributed by atoms with van der Waals surface area (Å²) in [6.45, 7) is 0. The molecule has 0 spiro atoms. The van der Waals surface area contributed by atoms with E-state index in [-0.39, 0.29) is 0 Å². The van der Waals surface area contributed by atoms with Crippen molar-refractivity contribution >= 4 is 29.1 Å². The van der Waals surface area contributed by atoms with Crippen molar-refractivity contribution in [1.82, 2.24) is 0 Å². The van der Waals surface area contributed by atoms with Crippen LogP contribution in [0.2, 0.25) is 0 Å². The summed E-state index contributed by atoms with van der Waals surface area (Å²) < 4.78 is 7.13. The Bertz CT molecular complexity index is 156. The van der Waals surface area contributed by atoms with Gasteiger partial charge in [0.25, 0.3) is 0 Å². The molecule has 0 saturated heterocycles. The molecule has 0 aliphatic heterocycles. The van der Waals surface area contributed by atoms with Gasteiger partial charge in [0.05, 0.1) is 0 Å². The minimum absolute atomic E-state index is 1.71. The van der Waals surface area contributed by atoms with Crippen LogP contribution < -0.4 is 0 Å². The van der Waals surface area contributed by atoms with Crippen LogP contribution in [0.25, 0.3) is 0 Å². The molecule has 0 atom stereocenters. The van der Waals surface area contributed by atoms with Crippen LogP contribution in [-0.4, -0.2) is 31.5 Å². The molecule has 0 radical (unpaired) electrons. The van der Waals surface area contributed by atoms with Crippen LogP contribution in [0.15, 0.2) is 0 Å². The number of carbonyl (C=O) groups is 2. The third-order valence-electron chi connectivity index (χ3n) is 0.496. The molecule has 12 heavy (non-hydrogen) atoms. The smallest absolute Gasteiger partial charge is 0.386 e. The van der Waals surface area contributed by atoms with Crippen molar-refractivity contribution in [3.8, 4) is 0 Å². The van der Waals surface area contributed by atoms with E-state index in [1.807, 2.05) is 0 Å². The summed E-state index contributed by atoms with van der Waals surface area (Å²) in [6.07, 6.45) is 0. The molecule has 0 fully saturated rings. The van der Waals surface area contributed by atoms with Gasteiger partial charge in [0, 0.05) is 0 Å². The van der Waals surface area contributed by atoms with Crippen molar-refractivity contribution in [3.05, 3.63) is 0 Å². The Balaban J connectivity index is 3.86. The maximum absolute atomic E-state index is 10.3. The Morgan fingerprint density at radius 2 is 1.08 bits per heavy atom. The van der Waals surface area contributed by atoms with E-state index in [9.17, 15) is 9.59 Å². The van der Waals surface area contributed by atoms with Crippen LogP contribution in [0.5, 0.6) is 0 Å². The first-order chi connectivity index (χ1) is 5.43. The van der Waals surface area contributed by atoms with Gasteiger partial charge in [-0.05, 0) is 0 Å². The quantitative estimate of drug-likeness (QED) is 0.324. The summed E-state index contributed by atoms with van der Waals surface area (Å²) in [7, 11) is -6.01. The zero-order valence-corrected chi connectivity index (χ0v) is 7.11. The predicted molar refractivity (Wildman–Crippen MR) is 34.9 cm³/mol. The molecule has 10 heteroatoms. The molecule has 0 aliphatic rings. The molecule has 0 aromatic heterocycles. The van der Waals surface area contributed by atoms with Crippen molar-refractivity contribution in [2.24, 2.45) is 0 Å². The summed E-state index contributed by atoms with van der Waals surface area (Å²) in [4.78, 5) is 52.8. The first-order valence-electron chi connectivity index (χ1n) is 2.23. The van der Waals surface area contributed by atoms with Crippen molar-refractivity contribution in [1.29, 1.82) is 0 Å². The molecule has 0 aliphatic carbocycles. The average molecular weight is 218 g/mol. The summed E-state index contributed by atoms with van der Waals surface area (Å²) in [5, 5.41) is 0. The summed E-state index contributed by atoms with van der Waals surface area (Å²) >= 11 is 0. The minimum atomic E-state index is -3.00. The molecular weight excluding hydrogens is 214 g/mol. The van der Waals surface area contributed by atoms with Gasteiger partial charge < -0.3 is 28.6 Å². The number of carbonyl (C=O) groups excluding carboxylic acids is 2. The van der Waals surface area contributed by atoms with Gasteiger partial charge in [-0.25, -0.2) is 9.59 Å². The first-order valence-corrected chi connectivity index (χ1v) is 4.56. The van der Waals surface area contributed by atoms with Crippen LogP contribution in [-0.2, 0) is 18.6 Å². The Hall–Kier alpha value is -0.360. The molecule has 0 unspecified atom stereocenters. The molecule has 70 valence electrons. The molecule has 0 rings (SSSR count). The Morgan fingerprint density at radius 1 is 0.833 bits per heavy atom. The zero-order valence-electron chi connectivity index (χ0n) is 5.32. The summed E-state index contributed by atoms with van der Waals surface area (Å²) in [6, 6.07) is 0. The number of hydrogen-bond donors (Lipinski definition) is 4. The maximum atomic E-state index is 10.3. The van der Waals surface area contributed by atoms with E-state index in [0.717, 1.165) is 0 Å². The molecule has 0 amide bonds. The van der Waals surface area contributed by atoms with Gasteiger partial charge in [-0.2, -0.15) is 0 Å². The normalized spacial score (nSPS) is 10.2. The van der Waals surface area contributed by atoms with Gasteiger partial charge >= 0.3 is 29.1 Å². The van der Waals surface area contributed by atoms with Crippen LogP contribution in [0.4, 0.5) is 0 Å². The van der Waals surface area contributed by atoms with E-state index in [0.29, 0.717) is 0 Å². The van der Waals surface area contributed by atoms with Gasteiger partial charge in [-0.3, -0.25) is 0 Å². The van der Waals surface area contributed by atoms with E-state index in [1.165, 1.54) is 0 Å². The Morgan fingerprint density at radius 3 is 1.25 bits per heavy atom. The topological polar surface area (TPSA) is 134 Å². The zero-order chi connectivity index (χ0) is 9.72. The van der Waals surface area contributed by atoms with Crippen molar-refractivity contribution in [2.75, 3.05) is 0 Å². The second kappa shape index (κ2) is 5.31. The lowest BCUT2D eigenvalue weighted by molar-refractivity contribution is -0.157. The fraction of sp³-hybridized carbons (Fsp3) is 0. The van der Waals surface area contributed by atoms with Crippen LogP contribution in [0.3, 0.4) is 0 Å². The lowest BCUT2D eigenvalue weighted by Gasteiger charge is -2.03. The van der Waals surface area contributed by atoms with Gasteiger partial charge in [-0.1, -0.05) is 0 Å². The number of hydrogen-bond acceptors (Lipinski definition) is 8. The second-order valence-corrected chi connectivity index (χ2v) is 2.64. The standard InChI is InChI=1S/C2H4O8P2/c3-1(9-11(5)6)2(4)10-12(7)8/h5-8H. The van der Waals surface area contributed by atoms with E-state index in [1.54, 1.807) is 0 Å². The SMILES string of the molecule is O=C(OP(O)O)C(=O)OP(O)O. The highest BCUT2D eigenvalue weighted by Gasteiger charge is 2.23. The van der Waals surface area contributed by atoms with Gasteiger partial charge in [0.2, 0.25) is 0 Å². The Kier molecular flexibility index (Phi) is 5.16. The van der Waals surface area contributed by atoms with Crippen LogP contribution in [0, 0.1) is 0 Å². The van der Waals surface area contributed by atoms with Crippen LogP contribution in [0.1, 0.15) is 0 Å². The third kappa shape index (κ3) is 5.31. The van der Waals surface area contributed by atoms with Gasteiger partial charge in [0.1, 0.15) is 0 Å². The molecule has 0 aromatic carbocycles. The molecule has 0 aromatic rings. The monoisotopic (exact) mass is 218 g/mol. The molecule has 0 bridgehead atoms. The fourth-order valence-corrected chi connectivity index (χ4v) is 0.669. The second-order valence-electron chi connectivity index (χ2n) is 1.26. The number of rotatable bonds is 2. The maximum Gasteiger partial charge on any atom is 0.423 e. The highest BCUT2D eigenvalue weighted by molar-refractivity contribution is 7.41. The average Bonchev–Trinajstić information content (AvgIpc) is 1.84. The van der Waals surface area contributed by atoms with E-state index in [2.05, 4.69) is 9.05 Å². The molecular formula is C2H4O8P2. The molecule has 8 nitrogen and oxygen atoms in total. The lowest BCUT2D eigenvalue weighted by Crippen LogP contribution is -2.16. The van der Waals surface area contributed by atoms with E-state index in [4.69, 9.17) is 19.6 Å². The van der Waals surface area contributed by atoms with E-state index >= 15 is 0 Å². The highest BCUT2D eigenvalue weighted by Crippen LogP contribution is 2.28. The highest BCUT2D eigenvalue weighted by atomic mass is 31.2. The summed E-state index contributed by atoms with van der Waals surface area (Å²) in [5.41, 5.74) is 0. The predicted octanol–water partition coefficient (Wildman–Crippen LogP) is -1.50. The van der Waals surface area contributed by atoms with Gasteiger partial charge in [-0.15, -0.1) is 0 Å². The van der Waals surface area contributed by atoms with Crippen molar-refractivity contribution < 1.29 is 38.2 Å². The largest absolute Gasteiger partial charge is 0.423 e. The summed E-state index contributed by atoms with van der Waals surface area (Å²) in [5.74, 6) is -3.41. The molecule has 0 saturated carbocycles. The fourth-order valence-electron chi connectivity index (χ4n) is 0.223. The first kappa shape index (κ1) is 11.6. The third-order valence-corrected chi connectivity index (χ3v) is 1.15. The van der Waals surface area contributed by atoms with Crippen molar-refractivity contribution in [3.63, 3.8) is 0 Å². The molecule has 4 N–H and O–H groups in total.